The highest BCUT2D eigenvalue weighted by Crippen LogP contribution is 2.12. The topological polar surface area (TPSA) is 50.8 Å². The molecule has 0 spiro atoms. The van der Waals surface area contributed by atoms with Crippen LogP contribution >= 0.6 is 0 Å². The predicted molar refractivity (Wildman–Crippen MR) is 54.0 cm³/mol. The average Bonchev–Trinajstić information content (AvgIpc) is 2.30. The van der Waals surface area contributed by atoms with Crippen LogP contribution in [0, 0.1) is 0 Å². The summed E-state index contributed by atoms with van der Waals surface area (Å²) in [4.78, 5) is 13.8. The number of nitrogens with one attached hydrogen (secondary N) is 1. The number of carbonyl (C=O) groups excluding carboxylic acids is 1. The monoisotopic (exact) mass is 212 g/mol. The van der Waals surface area contributed by atoms with Gasteiger partial charge in [-0.25, -0.2) is 0 Å². The van der Waals surface area contributed by atoms with Gasteiger partial charge in [0.2, 0.25) is 5.76 Å². The molecule has 1 amide bonds. The lowest BCUT2D eigenvalue weighted by Crippen LogP contribution is -2.53. The average molecular weight is 212 g/mol. The Kier molecular flexibility index (Phi) is 3.11. The molecule has 2 aliphatic heterocycles. The third kappa shape index (κ3) is 2.23. The molecule has 5 heteroatoms. The quantitative estimate of drug-likeness (QED) is 0.648. The minimum absolute atomic E-state index is 0.0660. The van der Waals surface area contributed by atoms with Crippen LogP contribution < -0.4 is 5.32 Å². The molecular formula is C10H16N2O3. The van der Waals surface area contributed by atoms with Crippen molar-refractivity contribution < 1.29 is 14.3 Å². The highest BCUT2D eigenvalue weighted by atomic mass is 16.6. The standard InChI is InChI=1S/C10H16N2O3/c1-8-6-11-2-3-12(8)10(13)9-7-14-4-5-15-9/h7-8,11H,2-6H2,1H3/t8-/m0/s1. The van der Waals surface area contributed by atoms with Gasteiger partial charge in [0.15, 0.2) is 0 Å². The summed E-state index contributed by atoms with van der Waals surface area (Å²) >= 11 is 0. The molecule has 0 aromatic carbocycles. The van der Waals surface area contributed by atoms with Crippen LogP contribution in [0.25, 0.3) is 0 Å². The normalized spacial score (nSPS) is 26.3. The van der Waals surface area contributed by atoms with Crippen LogP contribution in [-0.4, -0.2) is 49.7 Å². The van der Waals surface area contributed by atoms with Crippen molar-refractivity contribution in [3.63, 3.8) is 0 Å². The Morgan fingerprint density at radius 1 is 1.60 bits per heavy atom. The molecule has 1 atom stereocenters. The molecule has 0 aromatic heterocycles. The molecule has 1 saturated heterocycles. The maximum absolute atomic E-state index is 12.0. The van der Waals surface area contributed by atoms with Gasteiger partial charge in [0.05, 0.1) is 0 Å². The van der Waals surface area contributed by atoms with E-state index in [1.54, 1.807) is 0 Å². The first-order chi connectivity index (χ1) is 7.29. The Labute approximate surface area is 89.0 Å². The van der Waals surface area contributed by atoms with E-state index < -0.39 is 0 Å². The van der Waals surface area contributed by atoms with Gasteiger partial charge in [-0.15, -0.1) is 0 Å². The Hall–Kier alpha value is -1.23. The molecule has 0 saturated carbocycles. The fourth-order valence-corrected chi connectivity index (χ4v) is 1.76. The van der Waals surface area contributed by atoms with Gasteiger partial charge in [0, 0.05) is 25.7 Å². The van der Waals surface area contributed by atoms with Gasteiger partial charge in [-0.1, -0.05) is 0 Å². The predicted octanol–water partition coefficient (Wildman–Crippen LogP) is -0.305. The molecule has 0 aromatic rings. The molecule has 0 aliphatic carbocycles. The van der Waals surface area contributed by atoms with Crippen molar-refractivity contribution in [1.29, 1.82) is 0 Å². The second-order valence-corrected chi connectivity index (χ2v) is 3.75. The minimum Gasteiger partial charge on any atom is -0.494 e. The van der Waals surface area contributed by atoms with Gasteiger partial charge < -0.3 is 19.7 Å². The molecule has 84 valence electrons. The fourth-order valence-electron chi connectivity index (χ4n) is 1.76. The lowest BCUT2D eigenvalue weighted by Gasteiger charge is -2.34. The van der Waals surface area contributed by atoms with Crippen molar-refractivity contribution in [1.82, 2.24) is 10.2 Å². The zero-order valence-corrected chi connectivity index (χ0v) is 8.86. The van der Waals surface area contributed by atoms with Crippen molar-refractivity contribution in [3.8, 4) is 0 Å². The molecule has 1 fully saturated rings. The molecule has 2 heterocycles. The van der Waals surface area contributed by atoms with Crippen LogP contribution in [-0.2, 0) is 14.3 Å². The molecule has 2 aliphatic rings. The summed E-state index contributed by atoms with van der Waals surface area (Å²) in [5.74, 6) is 0.263. The zero-order valence-electron chi connectivity index (χ0n) is 8.86. The Balaban J connectivity index is 2.02. The first kappa shape index (κ1) is 10.3. The first-order valence-corrected chi connectivity index (χ1v) is 5.25. The summed E-state index contributed by atoms with van der Waals surface area (Å²) in [6.45, 7) is 5.39. The lowest BCUT2D eigenvalue weighted by molar-refractivity contribution is -0.135. The number of hydrogen-bond donors (Lipinski definition) is 1. The Morgan fingerprint density at radius 2 is 2.47 bits per heavy atom. The van der Waals surface area contributed by atoms with Crippen LogP contribution in [0.2, 0.25) is 0 Å². The van der Waals surface area contributed by atoms with E-state index in [1.165, 1.54) is 6.26 Å². The van der Waals surface area contributed by atoms with E-state index >= 15 is 0 Å². The summed E-state index contributed by atoms with van der Waals surface area (Å²) in [5.41, 5.74) is 0. The summed E-state index contributed by atoms with van der Waals surface area (Å²) in [7, 11) is 0. The second-order valence-electron chi connectivity index (χ2n) is 3.75. The number of piperazine rings is 1. The van der Waals surface area contributed by atoms with Crippen LogP contribution in [0.5, 0.6) is 0 Å². The summed E-state index contributed by atoms with van der Waals surface area (Å²) in [5, 5.41) is 3.24. The van der Waals surface area contributed by atoms with Crippen molar-refractivity contribution in [2.75, 3.05) is 32.8 Å². The zero-order chi connectivity index (χ0) is 10.7. The lowest BCUT2D eigenvalue weighted by atomic mass is 10.2. The first-order valence-electron chi connectivity index (χ1n) is 5.25. The maximum Gasteiger partial charge on any atom is 0.292 e. The largest absolute Gasteiger partial charge is 0.494 e. The van der Waals surface area contributed by atoms with E-state index in [4.69, 9.17) is 9.47 Å². The molecule has 0 radical (unpaired) electrons. The van der Waals surface area contributed by atoms with Crippen molar-refractivity contribution in [2.24, 2.45) is 0 Å². The molecule has 0 unspecified atom stereocenters. The number of nitrogens with zero attached hydrogens (tertiary/aromatic N) is 1. The number of carbonyl (C=O) groups is 1. The third-order valence-corrected chi connectivity index (χ3v) is 2.62. The van der Waals surface area contributed by atoms with Crippen LogP contribution in [0.1, 0.15) is 6.92 Å². The fraction of sp³-hybridized carbons (Fsp3) is 0.700. The minimum atomic E-state index is -0.0660. The Bertz CT molecular complexity index is 278. The third-order valence-electron chi connectivity index (χ3n) is 2.62. The van der Waals surface area contributed by atoms with E-state index in [0.29, 0.717) is 19.0 Å². The molecule has 5 nitrogen and oxygen atoms in total. The SMILES string of the molecule is C[C@H]1CNCCN1C(=O)C1=COCCO1. The number of rotatable bonds is 1. The van der Waals surface area contributed by atoms with Gasteiger partial charge in [-0.05, 0) is 6.92 Å². The van der Waals surface area contributed by atoms with Crippen molar-refractivity contribution in [3.05, 3.63) is 12.0 Å². The summed E-state index contributed by atoms with van der Waals surface area (Å²) < 4.78 is 10.3. The van der Waals surface area contributed by atoms with Gasteiger partial charge >= 0.3 is 0 Å². The van der Waals surface area contributed by atoms with E-state index in [9.17, 15) is 4.79 Å². The van der Waals surface area contributed by atoms with Gasteiger partial charge in [0.1, 0.15) is 19.5 Å². The van der Waals surface area contributed by atoms with E-state index in [-0.39, 0.29) is 11.9 Å². The molecule has 1 N–H and O–H groups in total. The molecule has 0 bridgehead atoms. The van der Waals surface area contributed by atoms with E-state index in [0.717, 1.165) is 19.6 Å². The highest BCUT2D eigenvalue weighted by Gasteiger charge is 2.27. The number of hydrogen-bond acceptors (Lipinski definition) is 4. The number of ether oxygens (including phenoxy) is 2. The highest BCUT2D eigenvalue weighted by molar-refractivity contribution is 5.91. The van der Waals surface area contributed by atoms with E-state index in [1.807, 2.05) is 11.8 Å². The van der Waals surface area contributed by atoms with Gasteiger partial charge in [-0.3, -0.25) is 4.79 Å². The summed E-state index contributed by atoms with van der Waals surface area (Å²) in [6, 6.07) is 0.206. The second kappa shape index (κ2) is 4.53. The van der Waals surface area contributed by atoms with Crippen LogP contribution in [0.15, 0.2) is 12.0 Å². The molecule has 15 heavy (non-hydrogen) atoms. The summed E-state index contributed by atoms with van der Waals surface area (Å²) in [6.07, 6.45) is 1.42. The van der Waals surface area contributed by atoms with Crippen LogP contribution in [0.3, 0.4) is 0 Å². The maximum atomic E-state index is 12.0. The molecule has 2 rings (SSSR count). The Morgan fingerprint density at radius 3 is 3.13 bits per heavy atom. The number of amides is 1. The van der Waals surface area contributed by atoms with Gasteiger partial charge in [0.25, 0.3) is 5.91 Å². The van der Waals surface area contributed by atoms with Gasteiger partial charge in [-0.2, -0.15) is 0 Å². The smallest absolute Gasteiger partial charge is 0.292 e. The van der Waals surface area contributed by atoms with Crippen molar-refractivity contribution in [2.45, 2.75) is 13.0 Å². The van der Waals surface area contributed by atoms with Crippen molar-refractivity contribution >= 4 is 5.91 Å². The van der Waals surface area contributed by atoms with Crippen LogP contribution in [0.4, 0.5) is 0 Å². The molecular weight excluding hydrogens is 196 g/mol. The van der Waals surface area contributed by atoms with E-state index in [2.05, 4.69) is 5.32 Å².